The zero-order valence-electron chi connectivity index (χ0n) is 19.0. The summed E-state index contributed by atoms with van der Waals surface area (Å²) < 4.78 is 0. The molecular weight excluding hydrogens is 461 g/mol. The number of halogens is 1. The number of nitrogens with one attached hydrogen (secondary N) is 2. The van der Waals surface area contributed by atoms with Crippen molar-refractivity contribution in [3.8, 4) is 0 Å². The Morgan fingerprint density at radius 1 is 1.00 bits per heavy atom. The maximum Gasteiger partial charge on any atom is 0.191 e. The zero-order chi connectivity index (χ0) is 19.6. The fourth-order valence-electron chi connectivity index (χ4n) is 4.82. The molecule has 28 heavy (non-hydrogen) atoms. The molecule has 166 valence electrons. The van der Waals surface area contributed by atoms with Crippen molar-refractivity contribution in [1.29, 1.82) is 0 Å². The maximum absolute atomic E-state index is 4.45. The van der Waals surface area contributed by atoms with E-state index in [0.717, 1.165) is 31.5 Å². The van der Waals surface area contributed by atoms with Gasteiger partial charge in [-0.3, -0.25) is 9.89 Å². The van der Waals surface area contributed by atoms with Gasteiger partial charge in [-0.25, -0.2) is 0 Å². The minimum Gasteiger partial charge on any atom is -0.356 e. The van der Waals surface area contributed by atoms with E-state index in [0.29, 0.717) is 18.1 Å². The smallest absolute Gasteiger partial charge is 0.191 e. The van der Waals surface area contributed by atoms with Gasteiger partial charge in [0.1, 0.15) is 0 Å². The number of hydrogen-bond donors (Lipinski definition) is 2. The van der Waals surface area contributed by atoms with Gasteiger partial charge in [-0.05, 0) is 59.8 Å². The van der Waals surface area contributed by atoms with Crippen LogP contribution in [0.3, 0.4) is 0 Å². The molecule has 0 amide bonds. The van der Waals surface area contributed by atoms with E-state index in [1.165, 1.54) is 58.0 Å². The number of likely N-dealkylation sites (tertiary alicyclic amines) is 1. The third kappa shape index (κ3) is 8.74. The molecule has 1 saturated carbocycles. The summed E-state index contributed by atoms with van der Waals surface area (Å²) in [5.41, 5.74) is 0. The quantitative estimate of drug-likeness (QED) is 0.225. The van der Waals surface area contributed by atoms with E-state index >= 15 is 0 Å². The average molecular weight is 508 g/mol. The summed E-state index contributed by atoms with van der Waals surface area (Å²) in [7, 11) is 1.89. The Kier molecular flexibility index (Phi) is 13.0. The highest BCUT2D eigenvalue weighted by Gasteiger charge is 2.26. The van der Waals surface area contributed by atoms with Crippen LogP contribution >= 0.6 is 24.0 Å². The lowest BCUT2D eigenvalue weighted by atomic mass is 9.92. The molecule has 2 aliphatic rings. The van der Waals surface area contributed by atoms with Gasteiger partial charge >= 0.3 is 0 Å². The average Bonchev–Trinajstić information content (AvgIpc) is 2.67. The zero-order valence-corrected chi connectivity index (χ0v) is 21.4. The van der Waals surface area contributed by atoms with E-state index in [4.69, 9.17) is 0 Å². The summed E-state index contributed by atoms with van der Waals surface area (Å²) in [4.78, 5) is 9.75. The topological polar surface area (TPSA) is 42.9 Å². The molecule has 0 aromatic rings. The molecular formula is C22H46IN5. The van der Waals surface area contributed by atoms with E-state index in [9.17, 15) is 0 Å². The van der Waals surface area contributed by atoms with Gasteiger partial charge in [0.15, 0.2) is 5.96 Å². The molecule has 2 N–H and O–H groups in total. The van der Waals surface area contributed by atoms with Crippen molar-refractivity contribution in [2.75, 3.05) is 33.2 Å². The van der Waals surface area contributed by atoms with Gasteiger partial charge in [-0.15, -0.1) is 24.0 Å². The Bertz CT molecular complexity index is 419. The van der Waals surface area contributed by atoms with Gasteiger partial charge in [-0.2, -0.15) is 0 Å². The van der Waals surface area contributed by atoms with Gasteiger partial charge in [0.2, 0.25) is 0 Å². The summed E-state index contributed by atoms with van der Waals surface area (Å²) in [5, 5.41) is 7.18. The largest absolute Gasteiger partial charge is 0.356 e. The van der Waals surface area contributed by atoms with E-state index in [-0.39, 0.29) is 24.0 Å². The van der Waals surface area contributed by atoms with Crippen LogP contribution in [0.15, 0.2) is 4.99 Å². The van der Waals surface area contributed by atoms with E-state index in [1.54, 1.807) is 0 Å². The van der Waals surface area contributed by atoms with Crippen LogP contribution in [0.4, 0.5) is 0 Å². The van der Waals surface area contributed by atoms with Crippen LogP contribution in [0.2, 0.25) is 0 Å². The van der Waals surface area contributed by atoms with E-state index in [2.05, 4.69) is 53.1 Å². The van der Waals surface area contributed by atoms with Crippen LogP contribution in [0.25, 0.3) is 0 Å². The summed E-state index contributed by atoms with van der Waals surface area (Å²) in [5.74, 6) is 0.978. The lowest BCUT2D eigenvalue weighted by Gasteiger charge is -2.39. The maximum atomic E-state index is 4.45. The molecule has 0 unspecified atom stereocenters. The van der Waals surface area contributed by atoms with Crippen LogP contribution < -0.4 is 10.6 Å². The minimum atomic E-state index is 0. The Hall–Kier alpha value is -0.0800. The molecule has 1 aliphatic heterocycles. The summed E-state index contributed by atoms with van der Waals surface area (Å²) in [6, 6.07) is 2.65. The number of piperidine rings is 1. The molecule has 2 rings (SSSR count). The Morgan fingerprint density at radius 2 is 1.61 bits per heavy atom. The SMILES string of the molecule is CN=C(NCCCN(C(C)C)C(C)C)NC1CCN(C2CCCCC2)CC1.I. The van der Waals surface area contributed by atoms with Crippen molar-refractivity contribution < 1.29 is 0 Å². The normalized spacial score (nSPS) is 20.6. The lowest BCUT2D eigenvalue weighted by molar-refractivity contribution is 0.119. The van der Waals surface area contributed by atoms with E-state index < -0.39 is 0 Å². The van der Waals surface area contributed by atoms with Crippen molar-refractivity contribution in [2.45, 2.75) is 103 Å². The van der Waals surface area contributed by atoms with Crippen LogP contribution in [0, 0.1) is 0 Å². The molecule has 0 aromatic heterocycles. The van der Waals surface area contributed by atoms with Crippen LogP contribution in [0.5, 0.6) is 0 Å². The molecule has 0 atom stereocenters. The summed E-state index contributed by atoms with van der Waals surface area (Å²) in [6.07, 6.45) is 10.8. The molecule has 1 aliphatic carbocycles. The van der Waals surface area contributed by atoms with Crippen molar-refractivity contribution >= 4 is 29.9 Å². The fourth-order valence-corrected chi connectivity index (χ4v) is 4.82. The molecule has 0 spiro atoms. The predicted molar refractivity (Wildman–Crippen MR) is 133 cm³/mol. The highest BCUT2D eigenvalue weighted by molar-refractivity contribution is 14.0. The third-order valence-corrected chi connectivity index (χ3v) is 6.40. The monoisotopic (exact) mass is 507 g/mol. The van der Waals surface area contributed by atoms with Gasteiger partial charge in [0.05, 0.1) is 0 Å². The van der Waals surface area contributed by atoms with Crippen LogP contribution in [0.1, 0.15) is 79.1 Å². The third-order valence-electron chi connectivity index (χ3n) is 6.40. The van der Waals surface area contributed by atoms with Crippen LogP contribution in [-0.2, 0) is 0 Å². The number of hydrogen-bond acceptors (Lipinski definition) is 3. The lowest BCUT2D eigenvalue weighted by Crippen LogP contribution is -2.51. The van der Waals surface area contributed by atoms with Crippen LogP contribution in [-0.4, -0.2) is 73.2 Å². The minimum absolute atomic E-state index is 0. The van der Waals surface area contributed by atoms with Gasteiger partial charge in [0.25, 0.3) is 0 Å². The molecule has 1 saturated heterocycles. The number of nitrogens with zero attached hydrogens (tertiary/aromatic N) is 3. The molecule has 1 heterocycles. The second-order valence-corrected chi connectivity index (χ2v) is 9.02. The second kappa shape index (κ2) is 14.0. The molecule has 5 nitrogen and oxygen atoms in total. The van der Waals surface area contributed by atoms with E-state index in [1.807, 2.05) is 7.05 Å². The second-order valence-electron chi connectivity index (χ2n) is 9.02. The Labute approximate surface area is 191 Å². The molecule has 2 fully saturated rings. The standard InChI is InChI=1S/C22H45N5.HI/c1-18(2)27(19(3)4)15-9-14-24-22(23-5)25-20-12-16-26(17-13-20)21-10-7-6-8-11-21;/h18-21H,6-17H2,1-5H3,(H2,23,24,25);1H. The number of guanidine groups is 1. The fraction of sp³-hybridized carbons (Fsp3) is 0.955. The predicted octanol–water partition coefficient (Wildman–Crippen LogP) is 4.08. The summed E-state index contributed by atoms with van der Waals surface area (Å²) >= 11 is 0. The molecule has 0 aromatic carbocycles. The first-order chi connectivity index (χ1) is 13.0. The number of rotatable bonds is 8. The van der Waals surface area contributed by atoms with Gasteiger partial charge < -0.3 is 15.5 Å². The van der Waals surface area contributed by atoms with Crippen molar-refractivity contribution in [3.05, 3.63) is 0 Å². The number of aliphatic imine (C=N–C) groups is 1. The first-order valence-electron chi connectivity index (χ1n) is 11.5. The van der Waals surface area contributed by atoms with Crippen molar-refractivity contribution in [2.24, 2.45) is 4.99 Å². The summed E-state index contributed by atoms with van der Waals surface area (Å²) in [6.45, 7) is 13.8. The highest BCUT2D eigenvalue weighted by atomic mass is 127. The molecule has 0 radical (unpaired) electrons. The van der Waals surface area contributed by atoms with Crippen molar-refractivity contribution in [1.82, 2.24) is 20.4 Å². The van der Waals surface area contributed by atoms with Gasteiger partial charge in [-0.1, -0.05) is 19.3 Å². The molecule has 0 bridgehead atoms. The Balaban J connectivity index is 0.00000392. The first kappa shape index (κ1) is 26.0. The first-order valence-corrected chi connectivity index (χ1v) is 11.5. The highest BCUT2D eigenvalue weighted by Crippen LogP contribution is 2.25. The Morgan fingerprint density at radius 3 is 2.14 bits per heavy atom. The molecule has 6 heteroatoms. The van der Waals surface area contributed by atoms with Gasteiger partial charge in [0, 0.05) is 57.4 Å². The van der Waals surface area contributed by atoms with Crippen molar-refractivity contribution in [3.63, 3.8) is 0 Å².